The molecule has 1 aromatic rings. The zero-order chi connectivity index (χ0) is 13.4. The van der Waals surface area contributed by atoms with Gasteiger partial charge in [-0.3, -0.25) is 4.79 Å². The molecule has 0 saturated carbocycles. The summed E-state index contributed by atoms with van der Waals surface area (Å²) in [7, 11) is 1.46. The summed E-state index contributed by atoms with van der Waals surface area (Å²) in [5.41, 5.74) is 5.80. The van der Waals surface area contributed by atoms with Crippen molar-refractivity contribution in [1.82, 2.24) is 5.32 Å². The van der Waals surface area contributed by atoms with Crippen molar-refractivity contribution in [3.8, 4) is 11.5 Å². The number of nitrogens with one attached hydrogen (secondary N) is 1. The minimum absolute atomic E-state index is 0.0340. The second kappa shape index (κ2) is 7.55. The lowest BCUT2D eigenvalue weighted by molar-refractivity contribution is 0.0952. The maximum atomic E-state index is 11.7. The number of carbonyl (C=O) groups is 1. The lowest BCUT2D eigenvalue weighted by Crippen LogP contribution is -2.24. The Hall–Kier alpha value is -1.75. The standard InChI is InChI=1S/C13H20N2O3/c1-18-12-6-5-10(9-11(12)16)13(17)15-8-4-2-3-7-14/h5-6,9,16H,2-4,7-8,14H2,1H3,(H,15,17). The quantitative estimate of drug-likeness (QED) is 0.638. The van der Waals surface area contributed by atoms with Crippen LogP contribution >= 0.6 is 0 Å². The third-order valence-electron chi connectivity index (χ3n) is 2.61. The number of unbranched alkanes of at least 4 members (excludes halogenated alkanes) is 2. The molecule has 0 aliphatic rings. The molecule has 0 aliphatic carbocycles. The van der Waals surface area contributed by atoms with Crippen molar-refractivity contribution >= 4 is 5.91 Å². The summed E-state index contributed by atoms with van der Waals surface area (Å²) in [4.78, 5) is 11.7. The Balaban J connectivity index is 2.44. The predicted octanol–water partition coefficient (Wildman–Crippen LogP) is 1.26. The largest absolute Gasteiger partial charge is 0.504 e. The van der Waals surface area contributed by atoms with Crippen LogP contribution in [0.1, 0.15) is 29.6 Å². The van der Waals surface area contributed by atoms with Gasteiger partial charge in [-0.15, -0.1) is 0 Å². The number of benzene rings is 1. The predicted molar refractivity (Wildman–Crippen MR) is 69.9 cm³/mol. The van der Waals surface area contributed by atoms with Crippen molar-refractivity contribution in [2.45, 2.75) is 19.3 Å². The number of ether oxygens (including phenoxy) is 1. The molecular weight excluding hydrogens is 232 g/mol. The van der Waals surface area contributed by atoms with Crippen LogP contribution in [0.4, 0.5) is 0 Å². The van der Waals surface area contributed by atoms with Crippen LogP contribution in [0, 0.1) is 0 Å². The van der Waals surface area contributed by atoms with Gasteiger partial charge in [0.1, 0.15) is 0 Å². The van der Waals surface area contributed by atoms with Crippen molar-refractivity contribution in [1.29, 1.82) is 0 Å². The highest BCUT2D eigenvalue weighted by atomic mass is 16.5. The molecular formula is C13H20N2O3. The summed E-state index contributed by atoms with van der Waals surface area (Å²) in [6.45, 7) is 1.30. The van der Waals surface area contributed by atoms with Crippen LogP contribution in [0.2, 0.25) is 0 Å². The average molecular weight is 252 g/mol. The summed E-state index contributed by atoms with van der Waals surface area (Å²) < 4.78 is 4.91. The monoisotopic (exact) mass is 252 g/mol. The van der Waals surface area contributed by atoms with Crippen LogP contribution in [0.25, 0.3) is 0 Å². The number of carbonyl (C=O) groups excluding carboxylic acids is 1. The van der Waals surface area contributed by atoms with E-state index in [1.807, 2.05) is 0 Å². The molecule has 0 heterocycles. The van der Waals surface area contributed by atoms with E-state index in [-0.39, 0.29) is 11.7 Å². The Morgan fingerprint density at radius 2 is 2.17 bits per heavy atom. The molecule has 18 heavy (non-hydrogen) atoms. The maximum Gasteiger partial charge on any atom is 0.251 e. The number of phenolic OH excluding ortho intramolecular Hbond substituents is 1. The van der Waals surface area contributed by atoms with E-state index in [0.717, 1.165) is 19.3 Å². The minimum atomic E-state index is -0.194. The Morgan fingerprint density at radius 1 is 1.39 bits per heavy atom. The molecule has 0 spiro atoms. The third-order valence-corrected chi connectivity index (χ3v) is 2.61. The number of aromatic hydroxyl groups is 1. The van der Waals surface area contributed by atoms with Crippen molar-refractivity contribution in [3.05, 3.63) is 23.8 Å². The van der Waals surface area contributed by atoms with E-state index in [0.29, 0.717) is 24.4 Å². The first-order valence-electron chi connectivity index (χ1n) is 6.04. The molecule has 0 radical (unpaired) electrons. The van der Waals surface area contributed by atoms with E-state index in [2.05, 4.69) is 5.32 Å². The van der Waals surface area contributed by atoms with Gasteiger partial charge < -0.3 is 20.9 Å². The molecule has 1 aromatic carbocycles. The summed E-state index contributed by atoms with van der Waals surface area (Å²) >= 11 is 0. The topological polar surface area (TPSA) is 84.6 Å². The molecule has 5 nitrogen and oxygen atoms in total. The van der Waals surface area contributed by atoms with Crippen LogP contribution in [0.5, 0.6) is 11.5 Å². The van der Waals surface area contributed by atoms with Crippen molar-refractivity contribution < 1.29 is 14.6 Å². The van der Waals surface area contributed by atoms with E-state index in [9.17, 15) is 9.90 Å². The van der Waals surface area contributed by atoms with Gasteiger partial charge in [0.05, 0.1) is 7.11 Å². The van der Waals surface area contributed by atoms with Gasteiger partial charge in [0.2, 0.25) is 0 Å². The van der Waals surface area contributed by atoms with E-state index < -0.39 is 0 Å². The Kier molecular flexibility index (Phi) is 6.00. The van der Waals surface area contributed by atoms with Gasteiger partial charge in [-0.1, -0.05) is 6.42 Å². The van der Waals surface area contributed by atoms with Crippen molar-refractivity contribution in [2.24, 2.45) is 5.73 Å². The van der Waals surface area contributed by atoms with Gasteiger partial charge in [-0.05, 0) is 37.6 Å². The zero-order valence-electron chi connectivity index (χ0n) is 10.6. The number of hydrogen-bond donors (Lipinski definition) is 3. The zero-order valence-corrected chi connectivity index (χ0v) is 10.6. The number of nitrogens with two attached hydrogens (primary N) is 1. The maximum absolute atomic E-state index is 11.7. The summed E-state index contributed by atoms with van der Waals surface area (Å²) in [6, 6.07) is 4.58. The van der Waals surface area contributed by atoms with Gasteiger partial charge in [-0.2, -0.15) is 0 Å². The normalized spacial score (nSPS) is 10.1. The lowest BCUT2D eigenvalue weighted by Gasteiger charge is -2.07. The Bertz CT molecular complexity index is 394. The van der Waals surface area contributed by atoms with Crippen LogP contribution in [0.3, 0.4) is 0 Å². The van der Waals surface area contributed by atoms with Crippen molar-refractivity contribution in [3.63, 3.8) is 0 Å². The fourth-order valence-electron chi connectivity index (χ4n) is 1.58. The van der Waals surface area contributed by atoms with Crippen LogP contribution in [-0.4, -0.2) is 31.2 Å². The first-order chi connectivity index (χ1) is 8.69. The molecule has 1 rings (SSSR count). The Morgan fingerprint density at radius 3 is 2.78 bits per heavy atom. The summed E-state index contributed by atoms with van der Waals surface area (Å²) in [6.07, 6.45) is 2.88. The summed E-state index contributed by atoms with van der Waals surface area (Å²) in [5, 5.41) is 12.4. The fraction of sp³-hybridized carbons (Fsp3) is 0.462. The van der Waals surface area contributed by atoms with Crippen LogP contribution in [0.15, 0.2) is 18.2 Å². The van der Waals surface area contributed by atoms with Gasteiger partial charge in [0.15, 0.2) is 11.5 Å². The molecule has 0 unspecified atom stereocenters. The molecule has 0 atom stereocenters. The first kappa shape index (κ1) is 14.3. The highest BCUT2D eigenvalue weighted by molar-refractivity contribution is 5.94. The second-order valence-corrected chi connectivity index (χ2v) is 3.99. The Labute approximate surface area is 107 Å². The second-order valence-electron chi connectivity index (χ2n) is 3.99. The molecule has 1 amide bonds. The third kappa shape index (κ3) is 4.25. The first-order valence-corrected chi connectivity index (χ1v) is 6.04. The number of rotatable bonds is 7. The molecule has 0 saturated heterocycles. The number of phenols is 1. The highest BCUT2D eigenvalue weighted by Gasteiger charge is 2.08. The fourth-order valence-corrected chi connectivity index (χ4v) is 1.58. The minimum Gasteiger partial charge on any atom is -0.504 e. The molecule has 0 fully saturated rings. The molecule has 0 aromatic heterocycles. The number of methoxy groups -OCH3 is 1. The lowest BCUT2D eigenvalue weighted by atomic mass is 10.2. The smallest absolute Gasteiger partial charge is 0.251 e. The number of hydrogen-bond acceptors (Lipinski definition) is 4. The SMILES string of the molecule is COc1ccc(C(=O)NCCCCCN)cc1O. The summed E-state index contributed by atoms with van der Waals surface area (Å²) in [5.74, 6) is 0.128. The van der Waals surface area contributed by atoms with Gasteiger partial charge >= 0.3 is 0 Å². The number of amides is 1. The molecule has 100 valence electrons. The molecule has 4 N–H and O–H groups in total. The highest BCUT2D eigenvalue weighted by Crippen LogP contribution is 2.25. The van der Waals surface area contributed by atoms with Crippen LogP contribution < -0.4 is 15.8 Å². The van der Waals surface area contributed by atoms with Gasteiger partial charge in [0, 0.05) is 12.1 Å². The molecule has 5 heteroatoms. The average Bonchev–Trinajstić information content (AvgIpc) is 2.38. The van der Waals surface area contributed by atoms with Crippen LogP contribution in [-0.2, 0) is 0 Å². The van der Waals surface area contributed by atoms with E-state index in [4.69, 9.17) is 10.5 Å². The molecule has 0 bridgehead atoms. The van der Waals surface area contributed by atoms with Gasteiger partial charge in [0.25, 0.3) is 5.91 Å². The van der Waals surface area contributed by atoms with E-state index in [1.165, 1.54) is 13.2 Å². The van der Waals surface area contributed by atoms with Gasteiger partial charge in [-0.25, -0.2) is 0 Å². The van der Waals surface area contributed by atoms with E-state index >= 15 is 0 Å². The van der Waals surface area contributed by atoms with E-state index in [1.54, 1.807) is 12.1 Å². The van der Waals surface area contributed by atoms with Crippen molar-refractivity contribution in [2.75, 3.05) is 20.2 Å². The molecule has 0 aliphatic heterocycles.